The minimum absolute atomic E-state index is 0.215. The molecule has 0 unspecified atom stereocenters. The van der Waals surface area contributed by atoms with Crippen molar-refractivity contribution in [2.24, 2.45) is 0 Å². The number of hydrogen-bond donors (Lipinski definition) is 1. The number of hydrogen-bond acceptors (Lipinski definition) is 2. The molecule has 0 saturated carbocycles. The second kappa shape index (κ2) is 6.91. The molecule has 102 valence electrons. The zero-order chi connectivity index (χ0) is 14.4. The summed E-state index contributed by atoms with van der Waals surface area (Å²) in [5, 5.41) is 2.79. The number of amides is 1. The van der Waals surface area contributed by atoms with Crippen molar-refractivity contribution >= 4 is 29.4 Å². The lowest BCUT2D eigenvalue weighted by Gasteiger charge is -2.03. The molecule has 0 aliphatic carbocycles. The number of carbonyl (C=O) groups is 1. The van der Waals surface area contributed by atoms with Gasteiger partial charge in [-0.2, -0.15) is 0 Å². The fourth-order valence-corrected chi connectivity index (χ4v) is 2.09. The molecule has 1 N–H and O–H groups in total. The van der Waals surface area contributed by atoms with E-state index in [4.69, 9.17) is 0 Å². The number of benzene rings is 2. The topological polar surface area (TPSA) is 29.1 Å². The molecule has 0 radical (unpaired) electrons. The highest BCUT2D eigenvalue weighted by Gasteiger charge is 1.99. The highest BCUT2D eigenvalue weighted by atomic mass is 32.2. The highest BCUT2D eigenvalue weighted by Crippen LogP contribution is 2.18. The largest absolute Gasteiger partial charge is 0.322 e. The van der Waals surface area contributed by atoms with Gasteiger partial charge in [-0.25, -0.2) is 4.39 Å². The van der Waals surface area contributed by atoms with Crippen LogP contribution in [-0.4, -0.2) is 12.2 Å². The summed E-state index contributed by atoms with van der Waals surface area (Å²) in [6, 6.07) is 13.6. The molecule has 4 heteroatoms. The van der Waals surface area contributed by atoms with Gasteiger partial charge in [-0.1, -0.05) is 18.2 Å². The van der Waals surface area contributed by atoms with Crippen molar-refractivity contribution in [3.8, 4) is 0 Å². The van der Waals surface area contributed by atoms with Crippen molar-refractivity contribution in [3.63, 3.8) is 0 Å². The van der Waals surface area contributed by atoms with Crippen LogP contribution in [0.3, 0.4) is 0 Å². The number of nitrogens with one attached hydrogen (secondary N) is 1. The molecule has 0 spiro atoms. The van der Waals surface area contributed by atoms with Gasteiger partial charge in [0.05, 0.1) is 0 Å². The van der Waals surface area contributed by atoms with Crippen molar-refractivity contribution in [2.75, 3.05) is 11.6 Å². The van der Waals surface area contributed by atoms with E-state index in [2.05, 4.69) is 5.32 Å². The van der Waals surface area contributed by atoms with Gasteiger partial charge in [0.1, 0.15) is 5.82 Å². The first-order chi connectivity index (χ1) is 9.67. The molecule has 0 fully saturated rings. The Balaban J connectivity index is 1.99. The Labute approximate surface area is 121 Å². The molecule has 20 heavy (non-hydrogen) atoms. The Morgan fingerprint density at radius 2 is 1.95 bits per heavy atom. The average molecular weight is 287 g/mol. The average Bonchev–Trinajstić information content (AvgIpc) is 2.47. The number of halogens is 1. The van der Waals surface area contributed by atoms with E-state index >= 15 is 0 Å². The molecular weight excluding hydrogens is 273 g/mol. The number of thioether (sulfide) groups is 1. The molecular formula is C16H14FNOS. The molecule has 0 aliphatic heterocycles. The molecule has 0 aromatic heterocycles. The summed E-state index contributed by atoms with van der Waals surface area (Å²) in [4.78, 5) is 12.9. The van der Waals surface area contributed by atoms with Gasteiger partial charge < -0.3 is 5.32 Å². The van der Waals surface area contributed by atoms with E-state index in [0.717, 1.165) is 16.1 Å². The van der Waals surface area contributed by atoms with Crippen LogP contribution in [0.2, 0.25) is 0 Å². The summed E-state index contributed by atoms with van der Waals surface area (Å²) in [5.41, 5.74) is 1.53. The van der Waals surface area contributed by atoms with E-state index in [1.807, 2.05) is 30.5 Å². The molecule has 2 aromatic rings. The first kappa shape index (κ1) is 14.3. The van der Waals surface area contributed by atoms with Gasteiger partial charge in [-0.05, 0) is 48.2 Å². The van der Waals surface area contributed by atoms with Crippen LogP contribution in [0.15, 0.2) is 59.5 Å². The maximum Gasteiger partial charge on any atom is 0.248 e. The number of rotatable bonds is 4. The van der Waals surface area contributed by atoms with Gasteiger partial charge in [-0.15, -0.1) is 11.8 Å². The Hall–Kier alpha value is -2.07. The minimum atomic E-state index is -0.291. The van der Waals surface area contributed by atoms with Gasteiger partial charge in [0.2, 0.25) is 5.91 Å². The summed E-state index contributed by atoms with van der Waals surface area (Å²) >= 11 is 1.62. The normalized spacial score (nSPS) is 10.7. The molecule has 2 aromatic carbocycles. The molecule has 0 heterocycles. The predicted octanol–water partition coefficient (Wildman–Crippen LogP) is 4.20. The molecule has 1 amide bonds. The predicted molar refractivity (Wildman–Crippen MR) is 82.3 cm³/mol. The van der Waals surface area contributed by atoms with Crippen LogP contribution in [0, 0.1) is 5.82 Å². The molecule has 0 aliphatic rings. The van der Waals surface area contributed by atoms with Gasteiger partial charge in [0.25, 0.3) is 0 Å². The highest BCUT2D eigenvalue weighted by molar-refractivity contribution is 7.98. The minimum Gasteiger partial charge on any atom is -0.322 e. The van der Waals surface area contributed by atoms with Gasteiger partial charge in [0.15, 0.2) is 0 Å². The third kappa shape index (κ3) is 4.24. The van der Waals surface area contributed by atoms with Gasteiger partial charge >= 0.3 is 0 Å². The van der Waals surface area contributed by atoms with E-state index in [9.17, 15) is 9.18 Å². The third-order valence-corrected chi connectivity index (χ3v) is 3.36. The fraction of sp³-hybridized carbons (Fsp3) is 0.0625. The smallest absolute Gasteiger partial charge is 0.248 e. The molecule has 2 rings (SSSR count). The summed E-state index contributed by atoms with van der Waals surface area (Å²) in [6.45, 7) is 0. The zero-order valence-corrected chi connectivity index (χ0v) is 11.8. The first-order valence-electron chi connectivity index (χ1n) is 6.06. The SMILES string of the molecule is CSc1cccc(NC(=O)/C=C/c2ccc(F)cc2)c1. The number of anilines is 1. The van der Waals surface area contributed by atoms with E-state index < -0.39 is 0 Å². The van der Waals surface area contributed by atoms with Crippen molar-refractivity contribution in [3.05, 3.63) is 66.0 Å². The summed E-state index contributed by atoms with van der Waals surface area (Å²) < 4.78 is 12.7. The van der Waals surface area contributed by atoms with E-state index in [-0.39, 0.29) is 11.7 Å². The van der Waals surface area contributed by atoms with Crippen molar-refractivity contribution in [1.29, 1.82) is 0 Å². The van der Waals surface area contributed by atoms with Crippen LogP contribution in [0.5, 0.6) is 0 Å². The Kier molecular flexibility index (Phi) is 4.96. The molecule has 0 saturated heterocycles. The molecule has 0 bridgehead atoms. The Morgan fingerprint density at radius 1 is 1.20 bits per heavy atom. The maximum atomic E-state index is 12.7. The van der Waals surface area contributed by atoms with E-state index in [1.165, 1.54) is 18.2 Å². The first-order valence-corrected chi connectivity index (χ1v) is 7.28. The lowest BCUT2D eigenvalue weighted by atomic mass is 10.2. The standard InChI is InChI=1S/C16H14FNOS/c1-20-15-4-2-3-14(11-15)18-16(19)10-7-12-5-8-13(17)9-6-12/h2-11H,1H3,(H,18,19)/b10-7+. The van der Waals surface area contributed by atoms with Gasteiger partial charge in [0, 0.05) is 16.7 Å². The second-order valence-electron chi connectivity index (χ2n) is 4.11. The summed E-state index contributed by atoms with van der Waals surface area (Å²) in [6.07, 6.45) is 5.06. The van der Waals surface area contributed by atoms with Crippen LogP contribution in [0.25, 0.3) is 6.08 Å². The number of carbonyl (C=O) groups excluding carboxylic acids is 1. The van der Waals surface area contributed by atoms with Crippen LogP contribution in [0.1, 0.15) is 5.56 Å². The monoisotopic (exact) mass is 287 g/mol. The molecule has 2 nitrogen and oxygen atoms in total. The van der Waals surface area contributed by atoms with E-state index in [0.29, 0.717) is 0 Å². The quantitative estimate of drug-likeness (QED) is 0.674. The fourth-order valence-electron chi connectivity index (χ4n) is 1.63. The Bertz CT molecular complexity index is 623. The van der Waals surface area contributed by atoms with Crippen LogP contribution < -0.4 is 5.32 Å². The van der Waals surface area contributed by atoms with Crippen molar-refractivity contribution in [1.82, 2.24) is 0 Å². The summed E-state index contributed by atoms with van der Waals surface area (Å²) in [5.74, 6) is -0.506. The maximum absolute atomic E-state index is 12.7. The van der Waals surface area contributed by atoms with Gasteiger partial charge in [-0.3, -0.25) is 4.79 Å². The lowest BCUT2D eigenvalue weighted by Crippen LogP contribution is -2.07. The van der Waals surface area contributed by atoms with Crippen LogP contribution in [-0.2, 0) is 4.79 Å². The van der Waals surface area contributed by atoms with Crippen LogP contribution in [0.4, 0.5) is 10.1 Å². The lowest BCUT2D eigenvalue weighted by molar-refractivity contribution is -0.111. The van der Waals surface area contributed by atoms with Crippen LogP contribution >= 0.6 is 11.8 Å². The van der Waals surface area contributed by atoms with Crippen molar-refractivity contribution < 1.29 is 9.18 Å². The summed E-state index contributed by atoms with van der Waals surface area (Å²) in [7, 11) is 0. The third-order valence-electron chi connectivity index (χ3n) is 2.63. The van der Waals surface area contributed by atoms with Crippen molar-refractivity contribution in [2.45, 2.75) is 4.90 Å². The zero-order valence-electron chi connectivity index (χ0n) is 11.0. The second-order valence-corrected chi connectivity index (χ2v) is 4.99. The molecule has 0 atom stereocenters. The Morgan fingerprint density at radius 3 is 2.65 bits per heavy atom. The van der Waals surface area contributed by atoms with E-state index in [1.54, 1.807) is 30.0 Å².